The summed E-state index contributed by atoms with van der Waals surface area (Å²) >= 11 is 6.14. The molecule has 1 amide bonds. The molecular formula is C26H29ClN2O3S. The van der Waals surface area contributed by atoms with Crippen molar-refractivity contribution in [3.05, 3.63) is 95.0 Å². The minimum atomic E-state index is -3.99. The lowest BCUT2D eigenvalue weighted by molar-refractivity contribution is -0.120. The maximum atomic E-state index is 13.5. The van der Waals surface area contributed by atoms with Gasteiger partial charge in [0.05, 0.1) is 16.6 Å². The van der Waals surface area contributed by atoms with Crippen LogP contribution in [0.2, 0.25) is 5.02 Å². The summed E-state index contributed by atoms with van der Waals surface area (Å²) in [4.78, 5) is 13.3. The molecule has 0 aromatic heterocycles. The molecule has 0 saturated carbocycles. The Hall–Kier alpha value is -2.83. The minimum Gasteiger partial charge on any atom is -0.348 e. The summed E-state index contributed by atoms with van der Waals surface area (Å²) in [6.45, 7) is 5.69. The van der Waals surface area contributed by atoms with Crippen LogP contribution in [0.25, 0.3) is 0 Å². The number of rotatable bonds is 9. The van der Waals surface area contributed by atoms with Crippen molar-refractivity contribution in [1.29, 1.82) is 0 Å². The highest BCUT2D eigenvalue weighted by Crippen LogP contribution is 2.27. The Labute approximate surface area is 201 Å². The highest BCUT2D eigenvalue weighted by Gasteiger charge is 2.28. The fourth-order valence-corrected chi connectivity index (χ4v) is 5.19. The van der Waals surface area contributed by atoms with Crippen LogP contribution >= 0.6 is 11.6 Å². The van der Waals surface area contributed by atoms with E-state index in [-0.39, 0.29) is 23.4 Å². The van der Waals surface area contributed by atoms with Gasteiger partial charge in [0.2, 0.25) is 5.91 Å². The van der Waals surface area contributed by atoms with E-state index in [0.717, 1.165) is 21.9 Å². The normalized spacial score (nSPS) is 12.4. The lowest BCUT2D eigenvalue weighted by Crippen LogP contribution is -2.42. The SMILES string of the molecule is Cc1ccc(S(=O)(=O)N(CC(=O)NC(CC(C)C)c2ccccc2)c2cccc(Cl)c2)cc1. The van der Waals surface area contributed by atoms with E-state index in [9.17, 15) is 13.2 Å². The third kappa shape index (κ3) is 6.59. The van der Waals surface area contributed by atoms with Gasteiger partial charge in [-0.25, -0.2) is 8.42 Å². The fourth-order valence-electron chi connectivity index (χ4n) is 3.59. The summed E-state index contributed by atoms with van der Waals surface area (Å²) in [5, 5.41) is 3.42. The van der Waals surface area contributed by atoms with E-state index in [1.54, 1.807) is 48.5 Å². The Balaban J connectivity index is 1.92. The molecule has 3 aromatic rings. The first-order valence-corrected chi connectivity index (χ1v) is 12.7. The van der Waals surface area contributed by atoms with Crippen molar-refractivity contribution in [2.45, 2.75) is 38.1 Å². The highest BCUT2D eigenvalue weighted by atomic mass is 35.5. The van der Waals surface area contributed by atoms with E-state index in [4.69, 9.17) is 11.6 Å². The van der Waals surface area contributed by atoms with Crippen LogP contribution < -0.4 is 9.62 Å². The maximum absolute atomic E-state index is 13.5. The molecule has 0 saturated heterocycles. The monoisotopic (exact) mass is 484 g/mol. The first-order valence-electron chi connectivity index (χ1n) is 10.9. The van der Waals surface area contributed by atoms with Gasteiger partial charge in [0.25, 0.3) is 10.0 Å². The second-order valence-electron chi connectivity index (χ2n) is 8.46. The smallest absolute Gasteiger partial charge is 0.264 e. The van der Waals surface area contributed by atoms with Crippen LogP contribution in [0.1, 0.15) is 37.4 Å². The Morgan fingerprint density at radius 1 is 0.970 bits per heavy atom. The summed E-state index contributed by atoms with van der Waals surface area (Å²) in [6.07, 6.45) is 0.734. The number of nitrogens with zero attached hydrogens (tertiary/aromatic N) is 1. The Bertz CT molecular complexity index is 1180. The van der Waals surface area contributed by atoms with Crippen molar-refractivity contribution in [1.82, 2.24) is 5.32 Å². The largest absolute Gasteiger partial charge is 0.348 e. The molecule has 0 heterocycles. The van der Waals surface area contributed by atoms with Gasteiger partial charge in [0.15, 0.2) is 0 Å². The summed E-state index contributed by atoms with van der Waals surface area (Å²) in [6, 6.07) is 22.5. The molecule has 33 heavy (non-hydrogen) atoms. The predicted octanol–water partition coefficient (Wildman–Crippen LogP) is 5.75. The van der Waals surface area contributed by atoms with E-state index < -0.39 is 10.0 Å². The van der Waals surface area contributed by atoms with Crippen LogP contribution in [-0.2, 0) is 14.8 Å². The van der Waals surface area contributed by atoms with Gasteiger partial charge in [-0.05, 0) is 55.2 Å². The zero-order chi connectivity index (χ0) is 24.0. The Kier molecular flexibility index (Phi) is 8.16. The Morgan fingerprint density at radius 3 is 2.24 bits per heavy atom. The second kappa shape index (κ2) is 10.9. The average molecular weight is 485 g/mol. The third-order valence-electron chi connectivity index (χ3n) is 5.24. The van der Waals surface area contributed by atoms with E-state index in [2.05, 4.69) is 19.2 Å². The molecular weight excluding hydrogens is 456 g/mol. The molecule has 0 aliphatic carbocycles. The lowest BCUT2D eigenvalue weighted by Gasteiger charge is -2.26. The van der Waals surface area contributed by atoms with Crippen molar-refractivity contribution in [2.24, 2.45) is 5.92 Å². The molecule has 3 rings (SSSR count). The quantitative estimate of drug-likeness (QED) is 0.420. The molecule has 0 spiro atoms. The van der Waals surface area contributed by atoms with Crippen LogP contribution in [0.3, 0.4) is 0 Å². The number of amides is 1. The van der Waals surface area contributed by atoms with Crippen LogP contribution in [0.4, 0.5) is 5.69 Å². The first kappa shape index (κ1) is 24.8. The lowest BCUT2D eigenvalue weighted by atomic mass is 9.97. The van der Waals surface area contributed by atoms with Gasteiger partial charge >= 0.3 is 0 Å². The number of halogens is 1. The maximum Gasteiger partial charge on any atom is 0.264 e. The zero-order valence-electron chi connectivity index (χ0n) is 19.0. The van der Waals surface area contributed by atoms with Crippen LogP contribution in [0.15, 0.2) is 83.8 Å². The molecule has 0 aliphatic heterocycles. The van der Waals surface area contributed by atoms with Crippen LogP contribution in [0, 0.1) is 12.8 Å². The molecule has 174 valence electrons. The first-order chi connectivity index (χ1) is 15.7. The number of hydrogen-bond donors (Lipinski definition) is 1. The number of carbonyl (C=O) groups excluding carboxylic acids is 1. The van der Waals surface area contributed by atoms with Crippen molar-refractivity contribution in [3.8, 4) is 0 Å². The molecule has 1 N–H and O–H groups in total. The zero-order valence-corrected chi connectivity index (χ0v) is 20.6. The van der Waals surface area contributed by atoms with Gasteiger partial charge in [-0.2, -0.15) is 0 Å². The van der Waals surface area contributed by atoms with E-state index in [1.807, 2.05) is 37.3 Å². The van der Waals surface area contributed by atoms with Crippen molar-refractivity contribution < 1.29 is 13.2 Å². The summed E-state index contributed by atoms with van der Waals surface area (Å²) in [5.74, 6) is -0.0454. The van der Waals surface area contributed by atoms with E-state index in [1.165, 1.54) is 0 Å². The number of nitrogens with one attached hydrogen (secondary N) is 1. The molecule has 0 aliphatic rings. The number of carbonyl (C=O) groups is 1. The third-order valence-corrected chi connectivity index (χ3v) is 7.26. The molecule has 0 radical (unpaired) electrons. The summed E-state index contributed by atoms with van der Waals surface area (Å²) in [5.41, 5.74) is 2.26. The molecule has 3 aromatic carbocycles. The average Bonchev–Trinajstić information content (AvgIpc) is 2.77. The van der Waals surface area contributed by atoms with E-state index >= 15 is 0 Å². The van der Waals surface area contributed by atoms with Crippen molar-refractivity contribution in [3.63, 3.8) is 0 Å². The second-order valence-corrected chi connectivity index (χ2v) is 10.8. The van der Waals surface area contributed by atoms with Gasteiger partial charge in [0, 0.05) is 5.02 Å². The standard InChI is InChI=1S/C26H29ClN2O3S/c1-19(2)16-25(21-8-5-4-6-9-21)28-26(30)18-29(23-11-7-10-22(27)17-23)33(31,32)24-14-12-20(3)13-15-24/h4-15,17,19,25H,16,18H2,1-3H3,(H,28,30). The predicted molar refractivity (Wildman–Crippen MR) is 134 cm³/mol. The van der Waals surface area contributed by atoms with Crippen LogP contribution in [0.5, 0.6) is 0 Å². The van der Waals surface area contributed by atoms with Gasteiger partial charge in [-0.3, -0.25) is 9.10 Å². The number of anilines is 1. The highest BCUT2D eigenvalue weighted by molar-refractivity contribution is 7.92. The number of sulfonamides is 1. The minimum absolute atomic E-state index is 0.114. The number of hydrogen-bond acceptors (Lipinski definition) is 3. The topological polar surface area (TPSA) is 66.5 Å². The van der Waals surface area contributed by atoms with Gasteiger partial charge < -0.3 is 5.32 Å². The van der Waals surface area contributed by atoms with Gasteiger partial charge in [-0.1, -0.05) is 79.5 Å². The molecule has 1 unspecified atom stereocenters. The molecule has 0 bridgehead atoms. The fraction of sp³-hybridized carbons (Fsp3) is 0.269. The summed E-state index contributed by atoms with van der Waals surface area (Å²) < 4.78 is 28.2. The van der Waals surface area contributed by atoms with E-state index in [0.29, 0.717) is 16.6 Å². The van der Waals surface area contributed by atoms with Crippen LogP contribution in [-0.4, -0.2) is 20.9 Å². The van der Waals surface area contributed by atoms with Gasteiger partial charge in [-0.15, -0.1) is 0 Å². The van der Waals surface area contributed by atoms with Gasteiger partial charge in [0.1, 0.15) is 6.54 Å². The van der Waals surface area contributed by atoms with Crippen molar-refractivity contribution >= 4 is 33.2 Å². The van der Waals surface area contributed by atoms with Crippen molar-refractivity contribution in [2.75, 3.05) is 10.8 Å². The molecule has 0 fully saturated rings. The number of benzene rings is 3. The molecule has 5 nitrogen and oxygen atoms in total. The summed E-state index contributed by atoms with van der Waals surface area (Å²) in [7, 11) is -3.99. The Morgan fingerprint density at radius 2 is 1.64 bits per heavy atom. The molecule has 1 atom stereocenters. The number of aryl methyl sites for hydroxylation is 1. The molecule has 7 heteroatoms.